The van der Waals surface area contributed by atoms with E-state index in [1.165, 1.54) is 32.1 Å². The maximum absolute atomic E-state index is 12.4. The quantitative estimate of drug-likeness (QED) is 0.736. The van der Waals surface area contributed by atoms with Crippen LogP contribution in [-0.4, -0.2) is 41.4 Å². The molecule has 1 heterocycles. The number of nitrogens with one attached hydrogen (secondary N) is 1. The lowest BCUT2D eigenvalue weighted by atomic mass is 9.83. The van der Waals surface area contributed by atoms with Crippen LogP contribution in [0.25, 0.3) is 0 Å². The zero-order chi connectivity index (χ0) is 18.3. The van der Waals surface area contributed by atoms with Crippen molar-refractivity contribution in [3.8, 4) is 6.07 Å². The molecule has 2 unspecified atom stereocenters. The third-order valence-electron chi connectivity index (χ3n) is 5.84. The van der Waals surface area contributed by atoms with Gasteiger partial charge in [-0.2, -0.15) is 5.26 Å². The minimum absolute atomic E-state index is 0.00455. The summed E-state index contributed by atoms with van der Waals surface area (Å²) in [6, 6.07) is 2.50. The number of primary amides is 1. The fourth-order valence-electron chi connectivity index (χ4n) is 4.26. The van der Waals surface area contributed by atoms with Crippen molar-refractivity contribution >= 4 is 11.8 Å². The van der Waals surface area contributed by atoms with E-state index in [0.29, 0.717) is 44.7 Å². The van der Waals surface area contributed by atoms with Crippen LogP contribution >= 0.6 is 0 Å². The molecule has 0 radical (unpaired) electrons. The molecule has 2 aliphatic rings. The van der Waals surface area contributed by atoms with Crippen molar-refractivity contribution in [2.75, 3.05) is 13.1 Å². The Bertz CT molecular complexity index is 510. The first-order valence-corrected chi connectivity index (χ1v) is 9.69. The van der Waals surface area contributed by atoms with E-state index in [0.717, 1.165) is 6.42 Å². The summed E-state index contributed by atoms with van der Waals surface area (Å²) >= 11 is 0. The average molecular weight is 348 g/mol. The van der Waals surface area contributed by atoms with Gasteiger partial charge in [-0.25, -0.2) is 0 Å². The SMILES string of the molecule is CC1CC(C#N)(NC(=O)CCC2CCCCC2)CCN1CCC(N)=O. The molecule has 2 rings (SSSR count). The van der Waals surface area contributed by atoms with Gasteiger partial charge in [0.25, 0.3) is 0 Å². The number of amides is 2. The molecule has 6 nitrogen and oxygen atoms in total. The summed E-state index contributed by atoms with van der Waals surface area (Å²) in [5.74, 6) is 0.373. The number of nitriles is 1. The second-order valence-corrected chi connectivity index (χ2v) is 7.84. The fraction of sp³-hybridized carbons (Fsp3) is 0.842. The highest BCUT2D eigenvalue weighted by molar-refractivity contribution is 5.77. The van der Waals surface area contributed by atoms with Crippen LogP contribution in [0, 0.1) is 17.2 Å². The highest BCUT2D eigenvalue weighted by Gasteiger charge is 2.39. The molecule has 140 valence electrons. The van der Waals surface area contributed by atoms with Crippen LogP contribution in [-0.2, 0) is 9.59 Å². The van der Waals surface area contributed by atoms with E-state index in [-0.39, 0.29) is 17.9 Å². The van der Waals surface area contributed by atoms with Crippen LogP contribution < -0.4 is 11.1 Å². The molecule has 0 aromatic carbocycles. The lowest BCUT2D eigenvalue weighted by Gasteiger charge is -2.42. The topological polar surface area (TPSA) is 99.2 Å². The Morgan fingerprint density at radius 2 is 2.00 bits per heavy atom. The van der Waals surface area contributed by atoms with Crippen LogP contribution in [0.1, 0.15) is 71.1 Å². The summed E-state index contributed by atoms with van der Waals surface area (Å²) in [5.41, 5.74) is 4.45. The molecule has 1 aliphatic heterocycles. The number of carbonyl (C=O) groups excluding carboxylic acids is 2. The molecule has 2 fully saturated rings. The molecule has 1 saturated carbocycles. The predicted molar refractivity (Wildman–Crippen MR) is 96.4 cm³/mol. The van der Waals surface area contributed by atoms with Gasteiger partial charge in [0.15, 0.2) is 0 Å². The van der Waals surface area contributed by atoms with Gasteiger partial charge in [0.2, 0.25) is 11.8 Å². The van der Waals surface area contributed by atoms with Crippen LogP contribution in [0.2, 0.25) is 0 Å². The van der Waals surface area contributed by atoms with Crippen molar-refractivity contribution in [1.82, 2.24) is 10.2 Å². The van der Waals surface area contributed by atoms with E-state index in [4.69, 9.17) is 5.73 Å². The van der Waals surface area contributed by atoms with Crippen molar-refractivity contribution in [3.63, 3.8) is 0 Å². The lowest BCUT2D eigenvalue weighted by Crippen LogP contribution is -2.57. The second kappa shape index (κ2) is 9.19. The normalized spacial score (nSPS) is 28.2. The molecule has 0 bridgehead atoms. The summed E-state index contributed by atoms with van der Waals surface area (Å²) in [4.78, 5) is 25.5. The third-order valence-corrected chi connectivity index (χ3v) is 5.84. The van der Waals surface area contributed by atoms with E-state index < -0.39 is 5.54 Å². The Kier molecular flexibility index (Phi) is 7.24. The monoisotopic (exact) mass is 348 g/mol. The Hall–Kier alpha value is -1.61. The van der Waals surface area contributed by atoms with Crippen molar-refractivity contribution in [1.29, 1.82) is 5.26 Å². The summed E-state index contributed by atoms with van der Waals surface area (Å²) in [7, 11) is 0. The van der Waals surface area contributed by atoms with Gasteiger partial charge >= 0.3 is 0 Å². The molecule has 25 heavy (non-hydrogen) atoms. The van der Waals surface area contributed by atoms with E-state index >= 15 is 0 Å². The average Bonchev–Trinajstić information content (AvgIpc) is 2.60. The van der Waals surface area contributed by atoms with Gasteiger partial charge in [0.1, 0.15) is 5.54 Å². The van der Waals surface area contributed by atoms with Crippen LogP contribution in [0.5, 0.6) is 0 Å². The Morgan fingerprint density at radius 1 is 1.28 bits per heavy atom. The zero-order valence-corrected chi connectivity index (χ0v) is 15.4. The molecule has 0 aromatic rings. The number of nitrogens with two attached hydrogens (primary N) is 1. The first-order chi connectivity index (χ1) is 11.9. The predicted octanol–water partition coefficient (Wildman–Crippen LogP) is 2.09. The Labute approximate surface area is 151 Å². The first-order valence-electron chi connectivity index (χ1n) is 9.69. The maximum Gasteiger partial charge on any atom is 0.221 e. The van der Waals surface area contributed by atoms with Gasteiger partial charge in [-0.3, -0.25) is 14.5 Å². The standard InChI is InChI=1S/C19H32N4O2/c1-15-13-19(14-20,10-12-23(15)11-9-17(21)24)22-18(25)8-7-16-5-3-2-4-6-16/h15-16H,2-13H2,1H3,(H2,21,24)(H,22,25). The molecular weight excluding hydrogens is 316 g/mol. The van der Waals surface area contributed by atoms with Gasteiger partial charge in [0.05, 0.1) is 6.07 Å². The van der Waals surface area contributed by atoms with E-state index in [1.807, 2.05) is 6.92 Å². The minimum atomic E-state index is -0.772. The van der Waals surface area contributed by atoms with Gasteiger partial charge < -0.3 is 11.1 Å². The first kappa shape index (κ1) is 19.7. The van der Waals surface area contributed by atoms with Gasteiger partial charge in [0, 0.05) is 32.0 Å². The number of rotatable bonds is 7. The van der Waals surface area contributed by atoms with E-state index in [9.17, 15) is 14.9 Å². The number of likely N-dealkylation sites (tertiary alicyclic amines) is 1. The second-order valence-electron chi connectivity index (χ2n) is 7.84. The largest absolute Gasteiger partial charge is 0.370 e. The zero-order valence-electron chi connectivity index (χ0n) is 15.4. The number of hydrogen-bond donors (Lipinski definition) is 2. The molecule has 3 N–H and O–H groups in total. The molecule has 1 aliphatic carbocycles. The summed E-state index contributed by atoms with van der Waals surface area (Å²) in [6.07, 6.45) is 9.36. The van der Waals surface area contributed by atoms with Crippen molar-refractivity contribution in [3.05, 3.63) is 0 Å². The number of nitrogens with zero attached hydrogens (tertiary/aromatic N) is 2. The number of hydrogen-bond acceptors (Lipinski definition) is 4. The van der Waals surface area contributed by atoms with Crippen molar-refractivity contribution in [2.45, 2.75) is 82.7 Å². The van der Waals surface area contributed by atoms with Crippen molar-refractivity contribution < 1.29 is 9.59 Å². The summed E-state index contributed by atoms with van der Waals surface area (Å²) in [5, 5.41) is 12.7. The van der Waals surface area contributed by atoms with Gasteiger partial charge in [-0.1, -0.05) is 32.1 Å². The summed E-state index contributed by atoms with van der Waals surface area (Å²) < 4.78 is 0. The Balaban J connectivity index is 1.81. The van der Waals surface area contributed by atoms with E-state index in [1.54, 1.807) is 0 Å². The molecule has 0 spiro atoms. The number of carbonyl (C=O) groups is 2. The summed E-state index contributed by atoms with van der Waals surface area (Å²) in [6.45, 7) is 3.36. The van der Waals surface area contributed by atoms with Gasteiger partial charge in [-0.15, -0.1) is 0 Å². The molecule has 6 heteroatoms. The van der Waals surface area contributed by atoms with E-state index in [2.05, 4.69) is 16.3 Å². The molecule has 2 amide bonds. The highest BCUT2D eigenvalue weighted by atomic mass is 16.2. The molecule has 2 atom stereocenters. The maximum atomic E-state index is 12.4. The fourth-order valence-corrected chi connectivity index (χ4v) is 4.26. The third kappa shape index (κ3) is 6.00. The Morgan fingerprint density at radius 3 is 2.60 bits per heavy atom. The van der Waals surface area contributed by atoms with Crippen LogP contribution in [0.15, 0.2) is 0 Å². The van der Waals surface area contributed by atoms with Gasteiger partial charge in [-0.05, 0) is 32.1 Å². The van der Waals surface area contributed by atoms with Crippen LogP contribution in [0.4, 0.5) is 0 Å². The van der Waals surface area contributed by atoms with Crippen LogP contribution in [0.3, 0.4) is 0 Å². The minimum Gasteiger partial charge on any atom is -0.370 e. The van der Waals surface area contributed by atoms with Crippen molar-refractivity contribution in [2.24, 2.45) is 11.7 Å². The highest BCUT2D eigenvalue weighted by Crippen LogP contribution is 2.29. The molecule has 1 saturated heterocycles. The lowest BCUT2D eigenvalue weighted by molar-refractivity contribution is -0.123. The smallest absolute Gasteiger partial charge is 0.221 e. The molecule has 0 aromatic heterocycles. The molecular formula is C19H32N4O2. The number of piperidine rings is 1.